The molecule has 8 heteroatoms. The van der Waals surface area contributed by atoms with Gasteiger partial charge in [-0.15, -0.1) is 24.8 Å². The first-order valence-corrected chi connectivity index (χ1v) is 5.41. The van der Waals surface area contributed by atoms with Crippen LogP contribution in [0.25, 0.3) is 0 Å². The normalized spacial score (nSPS) is 10.9. The number of carbonyl (C=O) groups is 1. The number of amides is 2. The third-order valence-electron chi connectivity index (χ3n) is 1.73. The van der Waals surface area contributed by atoms with Gasteiger partial charge in [-0.1, -0.05) is 0 Å². The van der Waals surface area contributed by atoms with E-state index in [0.717, 1.165) is 12.1 Å². The standard InChI is InChI=1S/C10H10ClF3N2O2/c11-5-6-15-9(17)16-7-1-3-8(4-2-7)18-10(12,13)14/h1-4H,5-6H2,(H2,15,16,17). The minimum atomic E-state index is -4.73. The Morgan fingerprint density at radius 2 is 1.89 bits per heavy atom. The lowest BCUT2D eigenvalue weighted by Gasteiger charge is -2.10. The van der Waals surface area contributed by atoms with Crippen molar-refractivity contribution in [3.05, 3.63) is 24.3 Å². The zero-order valence-electron chi connectivity index (χ0n) is 9.05. The van der Waals surface area contributed by atoms with Gasteiger partial charge in [-0.25, -0.2) is 4.79 Å². The van der Waals surface area contributed by atoms with Gasteiger partial charge in [0.25, 0.3) is 0 Å². The number of rotatable bonds is 4. The predicted octanol–water partition coefficient (Wildman–Crippen LogP) is 2.95. The highest BCUT2D eigenvalue weighted by molar-refractivity contribution is 6.18. The molecule has 0 aromatic heterocycles. The average Bonchev–Trinajstić information content (AvgIpc) is 2.27. The number of halogens is 4. The van der Waals surface area contributed by atoms with E-state index >= 15 is 0 Å². The molecule has 0 atom stereocenters. The van der Waals surface area contributed by atoms with Crippen LogP contribution in [0.15, 0.2) is 24.3 Å². The smallest absolute Gasteiger partial charge is 0.406 e. The Kier molecular flexibility index (Phi) is 5.08. The zero-order chi connectivity index (χ0) is 13.6. The van der Waals surface area contributed by atoms with Crippen LogP contribution in [0.4, 0.5) is 23.7 Å². The van der Waals surface area contributed by atoms with Gasteiger partial charge < -0.3 is 15.4 Å². The molecule has 18 heavy (non-hydrogen) atoms. The summed E-state index contributed by atoms with van der Waals surface area (Å²) in [4.78, 5) is 11.2. The molecule has 0 saturated heterocycles. The molecule has 0 spiro atoms. The summed E-state index contributed by atoms with van der Waals surface area (Å²) in [5.41, 5.74) is 0.344. The topological polar surface area (TPSA) is 50.4 Å². The molecule has 1 aromatic rings. The molecule has 0 bridgehead atoms. The minimum absolute atomic E-state index is 0.270. The highest BCUT2D eigenvalue weighted by Gasteiger charge is 2.30. The third kappa shape index (κ3) is 5.62. The number of ether oxygens (including phenoxy) is 1. The molecule has 0 saturated carbocycles. The van der Waals surface area contributed by atoms with Crippen molar-refractivity contribution in [2.24, 2.45) is 0 Å². The van der Waals surface area contributed by atoms with Gasteiger partial charge in [0.1, 0.15) is 5.75 Å². The summed E-state index contributed by atoms with van der Waals surface area (Å²) < 4.78 is 39.3. The van der Waals surface area contributed by atoms with Crippen molar-refractivity contribution in [2.75, 3.05) is 17.7 Å². The maximum Gasteiger partial charge on any atom is 0.573 e. The molecule has 100 valence electrons. The SMILES string of the molecule is O=C(NCCCl)Nc1ccc(OC(F)(F)F)cc1. The van der Waals surface area contributed by atoms with Gasteiger partial charge in [0.15, 0.2) is 0 Å². The fourth-order valence-corrected chi connectivity index (χ4v) is 1.17. The molecule has 1 aromatic carbocycles. The second-order valence-electron chi connectivity index (χ2n) is 3.14. The number of alkyl halides is 4. The fraction of sp³-hybridized carbons (Fsp3) is 0.300. The van der Waals surface area contributed by atoms with E-state index in [4.69, 9.17) is 11.6 Å². The molecule has 0 aliphatic carbocycles. The van der Waals surface area contributed by atoms with Gasteiger partial charge in [-0.2, -0.15) is 0 Å². The highest BCUT2D eigenvalue weighted by atomic mass is 35.5. The number of hydrogen-bond donors (Lipinski definition) is 2. The molecule has 0 unspecified atom stereocenters. The van der Waals surface area contributed by atoms with E-state index in [0.29, 0.717) is 12.2 Å². The van der Waals surface area contributed by atoms with E-state index in [1.807, 2.05) is 0 Å². The summed E-state index contributed by atoms with van der Waals surface area (Å²) in [5.74, 6) is -0.0830. The van der Waals surface area contributed by atoms with Crippen molar-refractivity contribution in [1.82, 2.24) is 5.32 Å². The summed E-state index contributed by atoms with van der Waals surface area (Å²) in [6.07, 6.45) is -4.73. The van der Waals surface area contributed by atoms with Crippen molar-refractivity contribution in [2.45, 2.75) is 6.36 Å². The molecule has 4 nitrogen and oxygen atoms in total. The van der Waals surface area contributed by atoms with E-state index in [2.05, 4.69) is 15.4 Å². The van der Waals surface area contributed by atoms with E-state index in [1.54, 1.807) is 0 Å². The largest absolute Gasteiger partial charge is 0.573 e. The summed E-state index contributed by atoms with van der Waals surface area (Å²) in [6.45, 7) is 0.294. The number of nitrogens with one attached hydrogen (secondary N) is 2. The van der Waals surface area contributed by atoms with Crippen LogP contribution in [-0.2, 0) is 0 Å². The Morgan fingerprint density at radius 1 is 1.28 bits per heavy atom. The molecule has 0 fully saturated rings. The van der Waals surface area contributed by atoms with Crippen LogP contribution in [-0.4, -0.2) is 24.8 Å². The van der Waals surface area contributed by atoms with Crippen LogP contribution in [0.5, 0.6) is 5.75 Å². The van der Waals surface area contributed by atoms with Crippen molar-refractivity contribution in [3.63, 3.8) is 0 Å². The minimum Gasteiger partial charge on any atom is -0.406 e. The highest BCUT2D eigenvalue weighted by Crippen LogP contribution is 2.23. The quantitative estimate of drug-likeness (QED) is 0.834. The molecule has 0 radical (unpaired) electrons. The number of hydrogen-bond acceptors (Lipinski definition) is 2. The van der Waals surface area contributed by atoms with Crippen LogP contribution >= 0.6 is 11.6 Å². The van der Waals surface area contributed by atoms with Crippen molar-refractivity contribution in [3.8, 4) is 5.75 Å². The Labute approximate surface area is 106 Å². The van der Waals surface area contributed by atoms with E-state index in [1.165, 1.54) is 12.1 Å². The molecule has 2 amide bonds. The molecule has 0 aliphatic heterocycles. The maximum atomic E-state index is 11.9. The van der Waals surface area contributed by atoms with Gasteiger partial charge in [0.05, 0.1) is 0 Å². The van der Waals surface area contributed by atoms with Crippen LogP contribution in [0.1, 0.15) is 0 Å². The van der Waals surface area contributed by atoms with Gasteiger partial charge in [-0.05, 0) is 24.3 Å². The Morgan fingerprint density at radius 3 is 2.39 bits per heavy atom. The molecule has 1 rings (SSSR count). The lowest BCUT2D eigenvalue weighted by atomic mass is 10.3. The van der Waals surface area contributed by atoms with Crippen LogP contribution in [0.3, 0.4) is 0 Å². The second kappa shape index (κ2) is 6.34. The van der Waals surface area contributed by atoms with Crippen LogP contribution in [0.2, 0.25) is 0 Å². The summed E-state index contributed by atoms with van der Waals surface area (Å²) in [5, 5.41) is 4.86. The third-order valence-corrected chi connectivity index (χ3v) is 1.91. The van der Waals surface area contributed by atoms with Crippen molar-refractivity contribution < 1.29 is 22.7 Å². The molecule has 0 aliphatic rings. The van der Waals surface area contributed by atoms with Gasteiger partial charge in [0.2, 0.25) is 0 Å². The lowest BCUT2D eigenvalue weighted by molar-refractivity contribution is -0.274. The number of benzene rings is 1. The number of anilines is 1. The van der Waals surface area contributed by atoms with Gasteiger partial charge >= 0.3 is 12.4 Å². The Bertz CT molecular complexity index is 395. The van der Waals surface area contributed by atoms with Crippen molar-refractivity contribution >= 4 is 23.3 Å². The number of carbonyl (C=O) groups excluding carboxylic acids is 1. The first-order valence-electron chi connectivity index (χ1n) is 4.87. The summed E-state index contributed by atoms with van der Waals surface area (Å²) >= 11 is 5.37. The Hall–Kier alpha value is -1.63. The van der Waals surface area contributed by atoms with Crippen LogP contribution < -0.4 is 15.4 Å². The molecule has 2 N–H and O–H groups in total. The van der Waals surface area contributed by atoms with E-state index in [-0.39, 0.29) is 11.6 Å². The lowest BCUT2D eigenvalue weighted by Crippen LogP contribution is -2.30. The van der Waals surface area contributed by atoms with Gasteiger partial charge in [0, 0.05) is 18.1 Å². The molecule has 0 heterocycles. The number of urea groups is 1. The fourth-order valence-electron chi connectivity index (χ4n) is 1.08. The molecular formula is C10H10ClF3N2O2. The summed E-state index contributed by atoms with van der Waals surface area (Å²) in [7, 11) is 0. The first kappa shape index (κ1) is 14.4. The first-order chi connectivity index (χ1) is 8.40. The average molecular weight is 283 g/mol. The van der Waals surface area contributed by atoms with Gasteiger partial charge in [-0.3, -0.25) is 0 Å². The molecular weight excluding hydrogens is 273 g/mol. The van der Waals surface area contributed by atoms with Crippen LogP contribution in [0, 0.1) is 0 Å². The van der Waals surface area contributed by atoms with E-state index in [9.17, 15) is 18.0 Å². The maximum absolute atomic E-state index is 11.9. The predicted molar refractivity (Wildman–Crippen MR) is 60.9 cm³/mol. The zero-order valence-corrected chi connectivity index (χ0v) is 9.81. The second-order valence-corrected chi connectivity index (χ2v) is 3.52. The van der Waals surface area contributed by atoms with E-state index < -0.39 is 12.4 Å². The Balaban J connectivity index is 2.52. The van der Waals surface area contributed by atoms with Crippen molar-refractivity contribution in [1.29, 1.82) is 0 Å². The monoisotopic (exact) mass is 282 g/mol. The summed E-state index contributed by atoms with van der Waals surface area (Å²) in [6, 6.07) is 4.30.